The van der Waals surface area contributed by atoms with Crippen molar-refractivity contribution in [1.29, 1.82) is 0 Å². The van der Waals surface area contributed by atoms with E-state index >= 15 is 0 Å². The summed E-state index contributed by atoms with van der Waals surface area (Å²) in [6, 6.07) is 15.0. The Hall–Kier alpha value is -1.75. The highest BCUT2D eigenvalue weighted by Gasteiger charge is 2.15. The third-order valence-corrected chi connectivity index (χ3v) is 3.41. The molecule has 5 heteroatoms. The summed E-state index contributed by atoms with van der Waals surface area (Å²) < 4.78 is 11.5. The lowest BCUT2D eigenvalue weighted by molar-refractivity contribution is 0.164. The van der Waals surface area contributed by atoms with E-state index in [2.05, 4.69) is 0 Å². The molecule has 0 aromatic heterocycles. The highest BCUT2D eigenvalue weighted by molar-refractivity contribution is 5.85. The maximum absolute atomic E-state index is 9.62. The molecule has 0 saturated heterocycles. The van der Waals surface area contributed by atoms with Crippen molar-refractivity contribution in [1.82, 2.24) is 0 Å². The summed E-state index contributed by atoms with van der Waals surface area (Å²) in [4.78, 5) is 0. The third kappa shape index (κ3) is 5.43. The van der Waals surface area contributed by atoms with Crippen molar-refractivity contribution in [3.8, 4) is 11.5 Å². The second kappa shape index (κ2) is 9.40. The Balaban J connectivity index is 0.00000264. The highest BCUT2D eigenvalue weighted by Crippen LogP contribution is 2.31. The van der Waals surface area contributed by atoms with E-state index in [0.717, 1.165) is 11.1 Å². The first-order valence-electron chi connectivity index (χ1n) is 7.49. The van der Waals surface area contributed by atoms with Gasteiger partial charge >= 0.3 is 0 Å². The Morgan fingerprint density at radius 3 is 2.35 bits per heavy atom. The molecule has 0 aliphatic rings. The van der Waals surface area contributed by atoms with Crippen molar-refractivity contribution in [3.63, 3.8) is 0 Å². The maximum atomic E-state index is 9.62. The van der Waals surface area contributed by atoms with E-state index in [-0.39, 0.29) is 12.4 Å². The van der Waals surface area contributed by atoms with Crippen LogP contribution in [0.5, 0.6) is 11.5 Å². The van der Waals surface area contributed by atoms with Crippen molar-refractivity contribution >= 4 is 12.4 Å². The second-order valence-electron chi connectivity index (χ2n) is 5.18. The Labute approximate surface area is 143 Å². The lowest BCUT2D eigenvalue weighted by Gasteiger charge is -2.18. The summed E-state index contributed by atoms with van der Waals surface area (Å²) in [5.74, 6) is 1.32. The monoisotopic (exact) mass is 337 g/mol. The average molecular weight is 338 g/mol. The van der Waals surface area contributed by atoms with E-state index in [1.165, 1.54) is 0 Å². The second-order valence-corrected chi connectivity index (χ2v) is 5.18. The number of aliphatic hydroxyl groups is 1. The van der Waals surface area contributed by atoms with Gasteiger partial charge in [-0.05, 0) is 37.1 Å². The molecule has 0 bridgehead atoms. The molecule has 0 radical (unpaired) electrons. The molecule has 23 heavy (non-hydrogen) atoms. The minimum absolute atomic E-state index is 0. The predicted molar refractivity (Wildman–Crippen MR) is 94.2 cm³/mol. The number of aliphatic hydroxyl groups excluding tert-OH is 1. The van der Waals surface area contributed by atoms with E-state index in [4.69, 9.17) is 15.2 Å². The number of hydrogen-bond acceptors (Lipinski definition) is 4. The SMILES string of the molecule is CCOc1cc([C@@H](N)[C@H](C)O)ccc1OCc1ccccc1.Cl. The van der Waals surface area contributed by atoms with Crippen molar-refractivity contribution in [2.24, 2.45) is 5.73 Å². The molecule has 3 N–H and O–H groups in total. The lowest BCUT2D eigenvalue weighted by Crippen LogP contribution is -2.23. The first kappa shape index (κ1) is 19.3. The molecule has 4 nitrogen and oxygen atoms in total. The van der Waals surface area contributed by atoms with Gasteiger partial charge in [0.05, 0.1) is 18.8 Å². The van der Waals surface area contributed by atoms with E-state index in [9.17, 15) is 5.11 Å². The number of hydrogen-bond donors (Lipinski definition) is 2. The Kier molecular flexibility index (Phi) is 7.89. The largest absolute Gasteiger partial charge is 0.490 e. The zero-order valence-corrected chi connectivity index (χ0v) is 14.3. The van der Waals surface area contributed by atoms with Gasteiger partial charge in [-0.2, -0.15) is 0 Å². The van der Waals surface area contributed by atoms with Crippen LogP contribution in [0.1, 0.15) is 31.0 Å². The van der Waals surface area contributed by atoms with Crippen LogP contribution in [0, 0.1) is 0 Å². The summed E-state index contributed by atoms with van der Waals surface area (Å²) in [5, 5.41) is 9.62. The molecule has 0 spiro atoms. The van der Waals surface area contributed by atoms with Crippen molar-refractivity contribution in [2.45, 2.75) is 32.6 Å². The number of ether oxygens (including phenoxy) is 2. The molecule has 126 valence electrons. The summed E-state index contributed by atoms with van der Waals surface area (Å²) in [7, 11) is 0. The molecule has 2 aromatic carbocycles. The van der Waals surface area contributed by atoms with Gasteiger partial charge in [0.15, 0.2) is 11.5 Å². The van der Waals surface area contributed by atoms with Crippen LogP contribution < -0.4 is 15.2 Å². The summed E-state index contributed by atoms with van der Waals surface area (Å²) in [6.07, 6.45) is -0.620. The Morgan fingerprint density at radius 1 is 1.04 bits per heavy atom. The normalized spacial score (nSPS) is 12.9. The molecule has 2 atom stereocenters. The molecule has 2 rings (SSSR count). The summed E-state index contributed by atoms with van der Waals surface area (Å²) in [5.41, 5.74) is 7.89. The van der Waals surface area contributed by atoms with Crippen LogP contribution in [0.25, 0.3) is 0 Å². The minimum atomic E-state index is -0.620. The number of nitrogens with two attached hydrogens (primary N) is 1. The fourth-order valence-corrected chi connectivity index (χ4v) is 2.13. The number of benzene rings is 2. The fraction of sp³-hybridized carbons (Fsp3) is 0.333. The van der Waals surface area contributed by atoms with Crippen molar-refractivity contribution in [2.75, 3.05) is 6.61 Å². The molecular weight excluding hydrogens is 314 g/mol. The Bertz CT molecular complexity index is 590. The van der Waals surface area contributed by atoms with Crippen LogP contribution in [-0.2, 0) is 6.61 Å². The van der Waals surface area contributed by atoms with Crippen LogP contribution >= 0.6 is 12.4 Å². The lowest BCUT2D eigenvalue weighted by atomic mass is 10.0. The molecule has 0 aliphatic heterocycles. The molecule has 0 aliphatic carbocycles. The summed E-state index contributed by atoms with van der Waals surface area (Å²) in [6.45, 7) is 4.60. The van der Waals surface area contributed by atoms with Gasteiger partial charge in [0, 0.05) is 0 Å². The van der Waals surface area contributed by atoms with Crippen LogP contribution in [0.3, 0.4) is 0 Å². The third-order valence-electron chi connectivity index (χ3n) is 3.41. The molecule has 0 amide bonds. The number of halogens is 1. The van der Waals surface area contributed by atoms with E-state index in [1.54, 1.807) is 6.92 Å². The quantitative estimate of drug-likeness (QED) is 0.812. The topological polar surface area (TPSA) is 64.7 Å². The van der Waals surface area contributed by atoms with Crippen LogP contribution in [-0.4, -0.2) is 17.8 Å². The van der Waals surface area contributed by atoms with Crippen molar-refractivity contribution in [3.05, 3.63) is 59.7 Å². The van der Waals surface area contributed by atoms with E-state index in [0.29, 0.717) is 24.7 Å². The first-order chi connectivity index (χ1) is 10.6. The highest BCUT2D eigenvalue weighted by atomic mass is 35.5. The van der Waals surface area contributed by atoms with Gasteiger partial charge in [-0.25, -0.2) is 0 Å². The molecule has 0 fully saturated rings. The van der Waals surface area contributed by atoms with Gasteiger partial charge in [0.25, 0.3) is 0 Å². The van der Waals surface area contributed by atoms with Gasteiger partial charge < -0.3 is 20.3 Å². The van der Waals surface area contributed by atoms with Crippen LogP contribution in [0.15, 0.2) is 48.5 Å². The standard InChI is InChI=1S/C18H23NO3.ClH/c1-3-21-17-11-15(18(19)13(2)20)9-10-16(17)22-12-14-7-5-4-6-8-14;/h4-11,13,18,20H,3,12,19H2,1-2H3;1H/t13-,18-;/m0./s1. The van der Waals surface area contributed by atoms with Gasteiger partial charge in [0.1, 0.15) is 6.61 Å². The maximum Gasteiger partial charge on any atom is 0.161 e. The number of rotatable bonds is 7. The Morgan fingerprint density at radius 2 is 1.74 bits per heavy atom. The molecular formula is C18H24ClNO3. The first-order valence-corrected chi connectivity index (χ1v) is 7.49. The van der Waals surface area contributed by atoms with Crippen LogP contribution in [0.2, 0.25) is 0 Å². The molecule has 0 unspecified atom stereocenters. The fourth-order valence-electron chi connectivity index (χ4n) is 2.13. The summed E-state index contributed by atoms with van der Waals surface area (Å²) >= 11 is 0. The molecule has 2 aromatic rings. The molecule has 0 heterocycles. The predicted octanol–water partition coefficient (Wildman–Crippen LogP) is 3.47. The van der Waals surface area contributed by atoms with Crippen LogP contribution in [0.4, 0.5) is 0 Å². The minimum Gasteiger partial charge on any atom is -0.490 e. The van der Waals surface area contributed by atoms with Gasteiger partial charge in [0.2, 0.25) is 0 Å². The molecule has 0 saturated carbocycles. The van der Waals surface area contributed by atoms with E-state index in [1.807, 2.05) is 55.5 Å². The van der Waals surface area contributed by atoms with E-state index < -0.39 is 12.1 Å². The zero-order valence-electron chi connectivity index (χ0n) is 13.4. The van der Waals surface area contributed by atoms with Crippen molar-refractivity contribution < 1.29 is 14.6 Å². The smallest absolute Gasteiger partial charge is 0.161 e. The van der Waals surface area contributed by atoms with Gasteiger partial charge in [-0.3, -0.25) is 0 Å². The van der Waals surface area contributed by atoms with Gasteiger partial charge in [-0.1, -0.05) is 36.4 Å². The zero-order chi connectivity index (χ0) is 15.9. The van der Waals surface area contributed by atoms with Gasteiger partial charge in [-0.15, -0.1) is 12.4 Å². The average Bonchev–Trinajstić information content (AvgIpc) is 2.54.